The summed E-state index contributed by atoms with van der Waals surface area (Å²) in [6.45, 7) is 0.157. The number of hydrogen-bond donors (Lipinski definition) is 0. The lowest BCUT2D eigenvalue weighted by Gasteiger charge is -2.32. The van der Waals surface area contributed by atoms with E-state index in [0.717, 1.165) is 10.7 Å². The van der Waals surface area contributed by atoms with Crippen LogP contribution >= 0.6 is 11.6 Å². The van der Waals surface area contributed by atoms with Crippen molar-refractivity contribution in [3.05, 3.63) is 0 Å². The summed E-state index contributed by atoms with van der Waals surface area (Å²) in [5.41, 5.74) is 0. The van der Waals surface area contributed by atoms with Gasteiger partial charge in [0.2, 0.25) is 0 Å². The molecule has 0 bridgehead atoms. The van der Waals surface area contributed by atoms with Crippen molar-refractivity contribution in [3.8, 4) is 0 Å². The van der Waals surface area contributed by atoms with Crippen LogP contribution in [0.5, 0.6) is 0 Å². The highest BCUT2D eigenvalue weighted by molar-refractivity contribution is 7.89. The molecule has 0 radical (unpaired) electrons. The monoisotopic (exact) mass is 247 g/mol. The van der Waals surface area contributed by atoms with Gasteiger partial charge in [-0.3, -0.25) is 0 Å². The van der Waals surface area contributed by atoms with Gasteiger partial charge >= 0.3 is 5.76 Å². The van der Waals surface area contributed by atoms with Gasteiger partial charge in [-0.15, -0.1) is 11.6 Å². The van der Waals surface area contributed by atoms with Gasteiger partial charge in [-0.25, -0.2) is 8.42 Å². The molecular weight excluding hydrogens is 236 g/mol. The topological polar surface area (TPSA) is 37.4 Å². The molecule has 0 amide bonds. The third-order valence-electron chi connectivity index (χ3n) is 2.30. The summed E-state index contributed by atoms with van der Waals surface area (Å²) >= 11 is 5.53. The maximum atomic E-state index is 12.2. The highest BCUT2D eigenvalue weighted by atomic mass is 35.5. The smallest absolute Gasteiger partial charge is 0.206 e. The predicted octanol–water partition coefficient (Wildman–Crippen LogP) is 1.63. The molecule has 1 heterocycles. The number of alkyl halides is 3. The molecular formula is C7H12ClF2NO2S. The van der Waals surface area contributed by atoms with Gasteiger partial charge < -0.3 is 0 Å². The molecule has 3 nitrogen and oxygen atoms in total. The van der Waals surface area contributed by atoms with Gasteiger partial charge in [0.05, 0.1) is 0 Å². The fourth-order valence-corrected chi connectivity index (χ4v) is 3.15. The molecule has 1 aliphatic rings. The van der Waals surface area contributed by atoms with Gasteiger partial charge in [0.25, 0.3) is 10.0 Å². The standard InChI is InChI=1S/C7H12ClF2NO2S/c8-5-6-3-1-2-4-11(6)14(12,13)7(9)10/h6-7H,1-5H2. The van der Waals surface area contributed by atoms with Crippen molar-refractivity contribution < 1.29 is 17.2 Å². The Hall–Kier alpha value is 0.0600. The van der Waals surface area contributed by atoms with Crippen LogP contribution in [0.3, 0.4) is 0 Å². The summed E-state index contributed by atoms with van der Waals surface area (Å²) in [6.07, 6.45) is 2.03. The SMILES string of the molecule is O=S(=O)(C(F)F)N1CCCCC1CCl. The zero-order valence-electron chi connectivity index (χ0n) is 7.50. The molecule has 0 N–H and O–H groups in total. The van der Waals surface area contributed by atoms with Crippen molar-refractivity contribution in [1.82, 2.24) is 4.31 Å². The minimum atomic E-state index is -4.45. The number of rotatable bonds is 3. The number of sulfonamides is 1. The summed E-state index contributed by atoms with van der Waals surface area (Å²) in [6, 6.07) is -0.468. The van der Waals surface area contributed by atoms with Crippen molar-refractivity contribution in [2.75, 3.05) is 12.4 Å². The number of nitrogens with zero attached hydrogens (tertiary/aromatic N) is 1. The lowest BCUT2D eigenvalue weighted by Crippen LogP contribution is -2.46. The first-order valence-electron chi connectivity index (χ1n) is 4.35. The fraction of sp³-hybridized carbons (Fsp3) is 1.00. The Morgan fingerprint density at radius 2 is 2.07 bits per heavy atom. The molecule has 1 saturated heterocycles. The zero-order chi connectivity index (χ0) is 10.8. The molecule has 1 fully saturated rings. The van der Waals surface area contributed by atoms with Gasteiger partial charge in [0.1, 0.15) is 0 Å². The average Bonchev–Trinajstić information content (AvgIpc) is 2.17. The van der Waals surface area contributed by atoms with E-state index in [4.69, 9.17) is 11.6 Å². The summed E-state index contributed by atoms with van der Waals surface area (Å²) in [5.74, 6) is -3.27. The van der Waals surface area contributed by atoms with E-state index in [2.05, 4.69) is 0 Å². The maximum absolute atomic E-state index is 12.2. The van der Waals surface area contributed by atoms with Crippen LogP contribution in [0.25, 0.3) is 0 Å². The Labute approximate surface area is 87.1 Å². The first-order chi connectivity index (χ1) is 6.50. The van der Waals surface area contributed by atoms with Crippen LogP contribution in [0.1, 0.15) is 19.3 Å². The number of hydrogen-bond acceptors (Lipinski definition) is 2. The normalized spacial score (nSPS) is 25.6. The van der Waals surface area contributed by atoms with Crippen molar-refractivity contribution in [2.45, 2.75) is 31.1 Å². The number of piperidine rings is 1. The molecule has 0 aromatic heterocycles. The second-order valence-electron chi connectivity index (χ2n) is 3.22. The van der Waals surface area contributed by atoms with Crippen LogP contribution in [0.4, 0.5) is 8.78 Å². The van der Waals surface area contributed by atoms with Crippen LogP contribution in [0.15, 0.2) is 0 Å². The van der Waals surface area contributed by atoms with E-state index >= 15 is 0 Å². The quantitative estimate of drug-likeness (QED) is 0.711. The highest BCUT2D eigenvalue weighted by Gasteiger charge is 2.37. The second-order valence-corrected chi connectivity index (χ2v) is 5.38. The van der Waals surface area contributed by atoms with Gasteiger partial charge in [-0.1, -0.05) is 6.42 Å². The first kappa shape index (κ1) is 12.1. The van der Waals surface area contributed by atoms with Crippen LogP contribution < -0.4 is 0 Å². The van der Waals surface area contributed by atoms with Crippen LogP contribution in [0, 0.1) is 0 Å². The first-order valence-corrected chi connectivity index (χ1v) is 6.38. The van der Waals surface area contributed by atoms with Crippen molar-refractivity contribution in [1.29, 1.82) is 0 Å². The Bertz CT molecular complexity index is 283. The average molecular weight is 248 g/mol. The highest BCUT2D eigenvalue weighted by Crippen LogP contribution is 2.24. The lowest BCUT2D eigenvalue weighted by molar-refractivity contribution is 0.198. The molecule has 0 aliphatic carbocycles. The van der Waals surface area contributed by atoms with Crippen molar-refractivity contribution in [2.24, 2.45) is 0 Å². The van der Waals surface area contributed by atoms with Crippen molar-refractivity contribution in [3.63, 3.8) is 0 Å². The third kappa shape index (κ3) is 2.35. The third-order valence-corrected chi connectivity index (χ3v) is 4.24. The summed E-state index contributed by atoms with van der Waals surface area (Å²) in [4.78, 5) is 0. The summed E-state index contributed by atoms with van der Waals surface area (Å²) in [5, 5.41) is 0. The largest absolute Gasteiger partial charge is 0.350 e. The minimum absolute atomic E-state index is 0.0753. The molecule has 0 aromatic carbocycles. The Morgan fingerprint density at radius 1 is 1.43 bits per heavy atom. The van der Waals surface area contributed by atoms with E-state index in [1.54, 1.807) is 0 Å². The molecule has 1 rings (SSSR count). The molecule has 14 heavy (non-hydrogen) atoms. The van der Waals surface area contributed by atoms with E-state index in [1.807, 2.05) is 0 Å². The van der Waals surface area contributed by atoms with Crippen LogP contribution in [0.2, 0.25) is 0 Å². The molecule has 1 unspecified atom stereocenters. The lowest BCUT2D eigenvalue weighted by atomic mass is 10.1. The Kier molecular flexibility index (Phi) is 4.09. The van der Waals surface area contributed by atoms with Gasteiger partial charge in [-0.2, -0.15) is 13.1 Å². The minimum Gasteiger partial charge on any atom is -0.206 e. The number of halogens is 3. The molecule has 84 valence electrons. The Balaban J connectivity index is 2.83. The van der Waals surface area contributed by atoms with Gasteiger partial charge in [-0.05, 0) is 12.8 Å². The zero-order valence-corrected chi connectivity index (χ0v) is 9.07. The predicted molar refractivity (Wildman–Crippen MR) is 50.0 cm³/mol. The van der Waals surface area contributed by atoms with E-state index in [9.17, 15) is 17.2 Å². The summed E-state index contributed by atoms with van der Waals surface area (Å²) < 4.78 is 47.7. The molecule has 7 heteroatoms. The second kappa shape index (κ2) is 4.72. The van der Waals surface area contributed by atoms with Crippen LogP contribution in [-0.4, -0.2) is 36.9 Å². The molecule has 0 aromatic rings. The molecule has 0 saturated carbocycles. The van der Waals surface area contributed by atoms with Gasteiger partial charge in [0, 0.05) is 18.5 Å². The molecule has 0 spiro atoms. The van der Waals surface area contributed by atoms with Crippen LogP contribution in [-0.2, 0) is 10.0 Å². The van der Waals surface area contributed by atoms with E-state index in [-0.39, 0.29) is 12.4 Å². The van der Waals surface area contributed by atoms with E-state index < -0.39 is 21.8 Å². The summed E-state index contributed by atoms with van der Waals surface area (Å²) in [7, 11) is -4.45. The van der Waals surface area contributed by atoms with Gasteiger partial charge in [0.15, 0.2) is 0 Å². The molecule has 1 atom stereocenters. The fourth-order valence-electron chi connectivity index (χ4n) is 1.57. The Morgan fingerprint density at radius 3 is 2.57 bits per heavy atom. The maximum Gasteiger partial charge on any atom is 0.350 e. The van der Waals surface area contributed by atoms with E-state index in [1.165, 1.54) is 0 Å². The van der Waals surface area contributed by atoms with E-state index in [0.29, 0.717) is 12.8 Å². The van der Waals surface area contributed by atoms with Crippen molar-refractivity contribution >= 4 is 21.6 Å². The molecule has 1 aliphatic heterocycles.